The van der Waals surface area contributed by atoms with Crippen molar-refractivity contribution in [2.24, 2.45) is 0 Å². The molecule has 0 saturated carbocycles. The second-order valence-electron chi connectivity index (χ2n) is 6.87. The summed E-state index contributed by atoms with van der Waals surface area (Å²) < 4.78 is 7.00. The van der Waals surface area contributed by atoms with Crippen molar-refractivity contribution in [1.29, 1.82) is 0 Å². The average molecular weight is 375 g/mol. The first-order valence-corrected chi connectivity index (χ1v) is 9.59. The number of piperazine rings is 1. The van der Waals surface area contributed by atoms with Gasteiger partial charge in [-0.1, -0.05) is 12.2 Å². The summed E-state index contributed by atoms with van der Waals surface area (Å²) in [7, 11) is 1.52. The minimum absolute atomic E-state index is 0.0142. The smallest absolute Gasteiger partial charge is 0.270 e. The average Bonchev–Trinajstić information content (AvgIpc) is 3.16. The van der Waals surface area contributed by atoms with Crippen molar-refractivity contribution < 1.29 is 14.3 Å². The van der Waals surface area contributed by atoms with E-state index in [-0.39, 0.29) is 24.5 Å². The molecule has 1 aliphatic rings. The second-order valence-corrected chi connectivity index (χ2v) is 7.77. The number of allylic oxidation sites excluding steroid dienone is 1. The summed E-state index contributed by atoms with van der Waals surface area (Å²) in [5.74, 6) is -0.0152. The van der Waals surface area contributed by atoms with E-state index < -0.39 is 0 Å². The summed E-state index contributed by atoms with van der Waals surface area (Å²) in [4.78, 5) is 30.0. The van der Waals surface area contributed by atoms with Crippen LogP contribution in [0, 0.1) is 0 Å². The number of amides is 2. The van der Waals surface area contributed by atoms with E-state index in [0.29, 0.717) is 31.9 Å². The minimum Gasteiger partial charge on any atom is -0.375 e. The molecule has 2 aromatic heterocycles. The number of nitrogens with zero attached hydrogens (tertiary/aromatic N) is 3. The Labute approximate surface area is 157 Å². The lowest BCUT2D eigenvalue weighted by atomic mass is 10.1. The van der Waals surface area contributed by atoms with Crippen molar-refractivity contribution in [3.8, 4) is 0 Å². The molecule has 0 bridgehead atoms. The Balaban J connectivity index is 1.80. The fourth-order valence-electron chi connectivity index (χ4n) is 3.46. The number of thiophene rings is 1. The molecular weight excluding hydrogens is 350 g/mol. The van der Waals surface area contributed by atoms with Crippen LogP contribution in [0.3, 0.4) is 0 Å². The Morgan fingerprint density at radius 1 is 1.38 bits per heavy atom. The predicted octanol–water partition coefficient (Wildman–Crippen LogP) is 2.60. The quantitative estimate of drug-likeness (QED) is 0.755. The molecule has 1 fully saturated rings. The Morgan fingerprint density at radius 3 is 2.81 bits per heavy atom. The van der Waals surface area contributed by atoms with Gasteiger partial charge in [-0.3, -0.25) is 9.59 Å². The van der Waals surface area contributed by atoms with Crippen molar-refractivity contribution in [2.45, 2.75) is 26.4 Å². The van der Waals surface area contributed by atoms with Crippen LogP contribution in [0.15, 0.2) is 29.7 Å². The molecule has 0 spiro atoms. The molecule has 1 aliphatic heterocycles. The number of fused-ring (bicyclic) bond motifs is 1. The zero-order valence-corrected chi connectivity index (χ0v) is 16.3. The van der Waals surface area contributed by atoms with Crippen molar-refractivity contribution >= 4 is 33.4 Å². The monoisotopic (exact) mass is 375 g/mol. The van der Waals surface area contributed by atoms with Gasteiger partial charge in [0.05, 0.1) is 0 Å². The highest BCUT2D eigenvalue weighted by Crippen LogP contribution is 2.27. The van der Waals surface area contributed by atoms with E-state index in [1.807, 2.05) is 36.3 Å². The van der Waals surface area contributed by atoms with Gasteiger partial charge in [0.2, 0.25) is 5.91 Å². The Hall–Kier alpha value is -2.12. The molecule has 1 saturated heterocycles. The molecule has 0 radical (unpaired) electrons. The SMILES string of the molecule is C=C(C)Cn1c(C(=O)N2CCN(C(=O)COC)[C@H](C)C2)cc2ccsc21. The van der Waals surface area contributed by atoms with Gasteiger partial charge in [0.25, 0.3) is 5.91 Å². The van der Waals surface area contributed by atoms with Gasteiger partial charge < -0.3 is 19.1 Å². The molecule has 2 amide bonds. The van der Waals surface area contributed by atoms with Crippen LogP contribution in [-0.4, -0.2) is 65.6 Å². The summed E-state index contributed by atoms with van der Waals surface area (Å²) >= 11 is 1.64. The third-order valence-corrected chi connectivity index (χ3v) is 5.60. The predicted molar refractivity (Wildman–Crippen MR) is 104 cm³/mol. The summed E-state index contributed by atoms with van der Waals surface area (Å²) in [6.07, 6.45) is 0. The van der Waals surface area contributed by atoms with Gasteiger partial charge in [0, 0.05) is 44.7 Å². The van der Waals surface area contributed by atoms with Gasteiger partial charge in [-0.2, -0.15) is 0 Å². The van der Waals surface area contributed by atoms with E-state index in [9.17, 15) is 9.59 Å². The van der Waals surface area contributed by atoms with E-state index in [1.54, 1.807) is 16.2 Å². The van der Waals surface area contributed by atoms with Crippen LogP contribution < -0.4 is 0 Å². The summed E-state index contributed by atoms with van der Waals surface area (Å²) in [6, 6.07) is 3.97. The fraction of sp³-hybridized carbons (Fsp3) is 0.474. The zero-order chi connectivity index (χ0) is 18.8. The van der Waals surface area contributed by atoms with Crippen molar-refractivity contribution in [3.63, 3.8) is 0 Å². The number of rotatable bonds is 5. The largest absolute Gasteiger partial charge is 0.375 e. The van der Waals surface area contributed by atoms with E-state index in [0.717, 1.165) is 15.8 Å². The number of carbonyl (C=O) groups is 2. The molecule has 3 heterocycles. The van der Waals surface area contributed by atoms with E-state index in [1.165, 1.54) is 7.11 Å². The maximum Gasteiger partial charge on any atom is 0.270 e. The van der Waals surface area contributed by atoms with Crippen molar-refractivity contribution in [1.82, 2.24) is 14.4 Å². The molecule has 0 aromatic carbocycles. The van der Waals surface area contributed by atoms with Gasteiger partial charge in [0.1, 0.15) is 17.1 Å². The highest BCUT2D eigenvalue weighted by atomic mass is 32.1. The molecule has 140 valence electrons. The van der Waals surface area contributed by atoms with Crippen LogP contribution in [-0.2, 0) is 16.1 Å². The van der Waals surface area contributed by atoms with Crippen molar-refractivity contribution in [3.05, 3.63) is 35.4 Å². The van der Waals surface area contributed by atoms with Crippen LogP contribution in [0.2, 0.25) is 0 Å². The molecule has 0 aliphatic carbocycles. The highest BCUT2D eigenvalue weighted by Gasteiger charge is 2.31. The first kappa shape index (κ1) is 18.7. The molecule has 6 nitrogen and oxygen atoms in total. The number of hydrogen-bond acceptors (Lipinski definition) is 4. The van der Waals surface area contributed by atoms with Gasteiger partial charge >= 0.3 is 0 Å². The zero-order valence-electron chi connectivity index (χ0n) is 15.5. The number of ether oxygens (including phenoxy) is 1. The molecule has 26 heavy (non-hydrogen) atoms. The van der Waals surface area contributed by atoms with E-state index >= 15 is 0 Å². The van der Waals surface area contributed by atoms with Crippen LogP contribution >= 0.6 is 11.3 Å². The van der Waals surface area contributed by atoms with Gasteiger partial charge in [-0.25, -0.2) is 0 Å². The maximum absolute atomic E-state index is 13.2. The number of methoxy groups -OCH3 is 1. The van der Waals surface area contributed by atoms with Crippen LogP contribution in [0.25, 0.3) is 10.2 Å². The molecular formula is C19H25N3O3S. The summed E-state index contributed by atoms with van der Waals surface area (Å²) in [6.45, 7) is 10.2. The third-order valence-electron chi connectivity index (χ3n) is 4.65. The van der Waals surface area contributed by atoms with Crippen LogP contribution in [0.4, 0.5) is 0 Å². The lowest BCUT2D eigenvalue weighted by Crippen LogP contribution is -2.56. The molecule has 1 atom stereocenters. The van der Waals surface area contributed by atoms with E-state index in [4.69, 9.17) is 4.74 Å². The molecule has 0 unspecified atom stereocenters. The minimum atomic E-state index is -0.0294. The number of carbonyl (C=O) groups excluding carboxylic acids is 2. The van der Waals surface area contributed by atoms with Gasteiger partial charge in [0.15, 0.2) is 0 Å². The van der Waals surface area contributed by atoms with Crippen LogP contribution in [0.5, 0.6) is 0 Å². The fourth-order valence-corrected chi connectivity index (χ4v) is 4.36. The molecule has 2 aromatic rings. The second kappa shape index (κ2) is 7.63. The first-order valence-electron chi connectivity index (χ1n) is 8.71. The Morgan fingerprint density at radius 2 is 2.15 bits per heavy atom. The maximum atomic E-state index is 13.2. The molecule has 7 heteroatoms. The topological polar surface area (TPSA) is 54.8 Å². The lowest BCUT2D eigenvalue weighted by molar-refractivity contribution is -0.139. The number of aromatic nitrogens is 1. The highest BCUT2D eigenvalue weighted by molar-refractivity contribution is 7.16. The summed E-state index contributed by atoms with van der Waals surface area (Å²) in [5, 5.41) is 3.12. The van der Waals surface area contributed by atoms with E-state index in [2.05, 4.69) is 11.1 Å². The Kier molecular flexibility index (Phi) is 5.48. The summed E-state index contributed by atoms with van der Waals surface area (Å²) in [5.41, 5.74) is 1.70. The normalized spacial score (nSPS) is 17.7. The Bertz CT molecular complexity index is 838. The van der Waals surface area contributed by atoms with Gasteiger partial charge in [-0.05, 0) is 31.4 Å². The number of hydrogen-bond donors (Lipinski definition) is 0. The van der Waals surface area contributed by atoms with Crippen molar-refractivity contribution in [2.75, 3.05) is 33.4 Å². The lowest BCUT2D eigenvalue weighted by Gasteiger charge is -2.39. The molecule has 3 rings (SSSR count). The molecule has 0 N–H and O–H groups in total. The third kappa shape index (κ3) is 3.54. The van der Waals surface area contributed by atoms with Crippen LogP contribution in [0.1, 0.15) is 24.3 Å². The van der Waals surface area contributed by atoms with Gasteiger partial charge in [-0.15, -0.1) is 11.3 Å². The standard InChI is InChI=1S/C19H25N3O3S/c1-13(2)10-22-16(9-15-5-8-26-19(15)22)18(24)20-6-7-21(14(3)11-20)17(23)12-25-4/h5,8-9,14H,1,6-7,10-12H2,2-4H3/t14-/m1/s1. The first-order chi connectivity index (χ1) is 12.4.